The van der Waals surface area contributed by atoms with Crippen molar-refractivity contribution in [3.05, 3.63) is 52.7 Å². The number of aromatic hydroxyl groups is 1. The molecule has 0 amide bonds. The average Bonchev–Trinajstić information content (AvgIpc) is 3.00. The van der Waals surface area contributed by atoms with E-state index in [-0.39, 0.29) is 16.8 Å². The van der Waals surface area contributed by atoms with Crippen LogP contribution in [0.2, 0.25) is 0 Å². The molecule has 23 heavy (non-hydrogen) atoms. The molecule has 1 N–H and O–H groups in total. The lowest BCUT2D eigenvalue weighted by molar-refractivity contribution is 0.472. The minimum absolute atomic E-state index is 0.0111. The summed E-state index contributed by atoms with van der Waals surface area (Å²) in [5.41, 5.74) is 0.691. The SMILES string of the molecule is CCc1nc2nnc3c(=O)n(-c4ccccc4O)ccc3n2n1. The second-order valence-corrected chi connectivity index (χ2v) is 5.01. The lowest BCUT2D eigenvalue weighted by atomic mass is 10.2. The number of hydrogen-bond donors (Lipinski definition) is 1. The zero-order valence-corrected chi connectivity index (χ0v) is 12.2. The van der Waals surface area contributed by atoms with Gasteiger partial charge in [0.15, 0.2) is 11.3 Å². The van der Waals surface area contributed by atoms with E-state index in [1.807, 2.05) is 6.92 Å². The fourth-order valence-corrected chi connectivity index (χ4v) is 2.45. The first-order valence-electron chi connectivity index (χ1n) is 7.11. The molecule has 0 aliphatic carbocycles. The van der Waals surface area contributed by atoms with E-state index in [9.17, 15) is 9.90 Å². The van der Waals surface area contributed by atoms with Gasteiger partial charge in [-0.05, 0) is 18.2 Å². The van der Waals surface area contributed by atoms with Crippen LogP contribution in [-0.2, 0) is 6.42 Å². The van der Waals surface area contributed by atoms with Crippen LogP contribution in [0, 0.1) is 0 Å². The summed E-state index contributed by atoms with van der Waals surface area (Å²) in [6, 6.07) is 8.31. The van der Waals surface area contributed by atoms with Crippen LogP contribution in [0.3, 0.4) is 0 Å². The van der Waals surface area contributed by atoms with Gasteiger partial charge in [0.25, 0.3) is 11.3 Å². The van der Waals surface area contributed by atoms with Crippen molar-refractivity contribution >= 4 is 16.8 Å². The molecule has 0 saturated carbocycles. The van der Waals surface area contributed by atoms with Crippen LogP contribution < -0.4 is 5.56 Å². The van der Waals surface area contributed by atoms with Gasteiger partial charge in [-0.25, -0.2) is 0 Å². The molecule has 3 heterocycles. The Labute approximate surface area is 129 Å². The van der Waals surface area contributed by atoms with Crippen LogP contribution >= 0.6 is 0 Å². The van der Waals surface area contributed by atoms with Crippen molar-refractivity contribution in [2.24, 2.45) is 0 Å². The van der Waals surface area contributed by atoms with Crippen molar-refractivity contribution in [2.45, 2.75) is 13.3 Å². The second kappa shape index (κ2) is 4.87. The van der Waals surface area contributed by atoms with Crippen molar-refractivity contribution in [1.82, 2.24) is 29.4 Å². The van der Waals surface area contributed by atoms with E-state index in [4.69, 9.17) is 0 Å². The second-order valence-electron chi connectivity index (χ2n) is 5.01. The van der Waals surface area contributed by atoms with Crippen LogP contribution in [0.15, 0.2) is 41.3 Å². The first-order valence-corrected chi connectivity index (χ1v) is 7.11. The summed E-state index contributed by atoms with van der Waals surface area (Å²) in [5, 5.41) is 22.2. The van der Waals surface area contributed by atoms with Gasteiger partial charge in [-0.3, -0.25) is 9.36 Å². The lowest BCUT2D eigenvalue weighted by Gasteiger charge is -2.08. The first kappa shape index (κ1) is 13.4. The maximum atomic E-state index is 12.7. The number of phenolic OH excluding ortho intramolecular Hbond substituents is 1. The standard InChI is InChI=1S/C15H12N6O2/c1-2-12-16-15-18-17-13-10(21(15)19-12)7-8-20(14(13)23)9-5-3-4-6-11(9)22/h3-8,22H,2H2,1H3. The molecule has 0 atom stereocenters. The minimum Gasteiger partial charge on any atom is -0.506 e. The van der Waals surface area contributed by atoms with Crippen molar-refractivity contribution < 1.29 is 5.11 Å². The quantitative estimate of drug-likeness (QED) is 0.595. The Morgan fingerprint density at radius 3 is 2.78 bits per heavy atom. The van der Waals surface area contributed by atoms with Gasteiger partial charge in [-0.2, -0.15) is 9.50 Å². The van der Waals surface area contributed by atoms with Crippen LogP contribution in [0.4, 0.5) is 0 Å². The molecule has 3 aromatic heterocycles. The first-order chi connectivity index (χ1) is 11.2. The summed E-state index contributed by atoms with van der Waals surface area (Å²) in [6.45, 7) is 1.94. The zero-order valence-electron chi connectivity index (χ0n) is 12.2. The third-order valence-electron chi connectivity index (χ3n) is 3.60. The van der Waals surface area contributed by atoms with Gasteiger partial charge >= 0.3 is 0 Å². The maximum Gasteiger partial charge on any atom is 0.285 e. The predicted octanol–water partition coefficient (Wildman–Crippen LogP) is 1.09. The van der Waals surface area contributed by atoms with E-state index < -0.39 is 0 Å². The number of rotatable bonds is 2. The molecule has 4 rings (SSSR count). The molecule has 0 aliphatic rings. The molecule has 8 heteroatoms. The van der Waals surface area contributed by atoms with Gasteiger partial charge in [-0.15, -0.1) is 15.3 Å². The molecule has 8 nitrogen and oxygen atoms in total. The zero-order chi connectivity index (χ0) is 16.0. The van der Waals surface area contributed by atoms with E-state index in [1.54, 1.807) is 30.5 Å². The third kappa shape index (κ3) is 1.95. The number of pyridine rings is 1. The number of hydrogen-bond acceptors (Lipinski definition) is 6. The summed E-state index contributed by atoms with van der Waals surface area (Å²) in [7, 11) is 0. The summed E-state index contributed by atoms with van der Waals surface area (Å²) >= 11 is 0. The number of phenols is 1. The minimum atomic E-state index is -0.382. The number of fused-ring (bicyclic) bond motifs is 3. The highest BCUT2D eigenvalue weighted by molar-refractivity contribution is 5.75. The van der Waals surface area contributed by atoms with Crippen molar-refractivity contribution in [2.75, 3.05) is 0 Å². The van der Waals surface area contributed by atoms with E-state index in [0.29, 0.717) is 29.2 Å². The smallest absolute Gasteiger partial charge is 0.285 e. The molecule has 0 saturated heterocycles. The van der Waals surface area contributed by atoms with Gasteiger partial charge < -0.3 is 5.11 Å². The fraction of sp³-hybridized carbons (Fsp3) is 0.133. The van der Waals surface area contributed by atoms with Crippen LogP contribution in [0.5, 0.6) is 5.75 Å². The molecule has 0 aliphatic heterocycles. The lowest BCUT2D eigenvalue weighted by Crippen LogP contribution is -2.20. The molecule has 1 aromatic carbocycles. The molecule has 114 valence electrons. The van der Waals surface area contributed by atoms with E-state index in [0.717, 1.165) is 0 Å². The number of nitrogens with zero attached hydrogens (tertiary/aromatic N) is 6. The number of aryl methyl sites for hydroxylation is 1. The Morgan fingerprint density at radius 1 is 1.17 bits per heavy atom. The Kier molecular flexibility index (Phi) is 2.83. The molecule has 0 bridgehead atoms. The monoisotopic (exact) mass is 308 g/mol. The Morgan fingerprint density at radius 2 is 2.00 bits per heavy atom. The van der Waals surface area contributed by atoms with Crippen LogP contribution in [-0.4, -0.2) is 34.5 Å². The van der Waals surface area contributed by atoms with Crippen molar-refractivity contribution in [1.29, 1.82) is 0 Å². The van der Waals surface area contributed by atoms with Gasteiger partial charge in [0.1, 0.15) is 11.3 Å². The topological polar surface area (TPSA) is 98.2 Å². The van der Waals surface area contributed by atoms with Crippen LogP contribution in [0.25, 0.3) is 22.5 Å². The normalized spacial score (nSPS) is 11.3. The van der Waals surface area contributed by atoms with Gasteiger partial charge in [0, 0.05) is 12.6 Å². The average molecular weight is 308 g/mol. The van der Waals surface area contributed by atoms with E-state index >= 15 is 0 Å². The highest BCUT2D eigenvalue weighted by atomic mass is 16.3. The molecule has 0 spiro atoms. The molecular formula is C15H12N6O2. The Bertz CT molecular complexity index is 1100. The molecule has 0 unspecified atom stereocenters. The summed E-state index contributed by atoms with van der Waals surface area (Å²) in [5.74, 6) is 1.00. The molecular weight excluding hydrogens is 296 g/mol. The Balaban J connectivity index is 2.04. The van der Waals surface area contributed by atoms with Crippen molar-refractivity contribution in [3.8, 4) is 11.4 Å². The summed E-state index contributed by atoms with van der Waals surface area (Å²) in [6.07, 6.45) is 2.24. The van der Waals surface area contributed by atoms with Crippen LogP contribution in [0.1, 0.15) is 12.7 Å². The van der Waals surface area contributed by atoms with Gasteiger partial charge in [0.2, 0.25) is 0 Å². The fourth-order valence-electron chi connectivity index (χ4n) is 2.45. The predicted molar refractivity (Wildman–Crippen MR) is 82.7 cm³/mol. The van der Waals surface area contributed by atoms with Gasteiger partial charge in [0.05, 0.1) is 5.69 Å². The summed E-state index contributed by atoms with van der Waals surface area (Å²) in [4.78, 5) is 16.9. The number of aromatic nitrogens is 6. The highest BCUT2D eigenvalue weighted by Crippen LogP contribution is 2.20. The summed E-state index contributed by atoms with van der Waals surface area (Å²) < 4.78 is 2.84. The molecule has 0 radical (unpaired) electrons. The van der Waals surface area contributed by atoms with E-state index in [1.165, 1.54) is 15.1 Å². The highest BCUT2D eigenvalue weighted by Gasteiger charge is 2.13. The van der Waals surface area contributed by atoms with Crippen molar-refractivity contribution in [3.63, 3.8) is 0 Å². The molecule has 0 fully saturated rings. The molecule has 4 aromatic rings. The third-order valence-corrected chi connectivity index (χ3v) is 3.60. The maximum absolute atomic E-state index is 12.7. The van der Waals surface area contributed by atoms with E-state index in [2.05, 4.69) is 20.3 Å². The van der Waals surface area contributed by atoms with Gasteiger partial charge in [-0.1, -0.05) is 19.1 Å². The number of benzene rings is 1. The number of para-hydroxylation sites is 2. The Hall–Kier alpha value is -3.29. The largest absolute Gasteiger partial charge is 0.506 e.